The van der Waals surface area contributed by atoms with Crippen molar-refractivity contribution in [1.29, 1.82) is 0 Å². The summed E-state index contributed by atoms with van der Waals surface area (Å²) in [5, 5.41) is 3.28. The summed E-state index contributed by atoms with van der Waals surface area (Å²) in [7, 11) is 0. The third-order valence-corrected chi connectivity index (χ3v) is 5.97. The average molecular weight is 363 g/mol. The molecule has 3 fully saturated rings. The largest absolute Gasteiger partial charge is 0.349 e. The van der Waals surface area contributed by atoms with Gasteiger partial charge in [0.05, 0.1) is 0 Å². The van der Waals surface area contributed by atoms with Crippen molar-refractivity contribution >= 4 is 21.8 Å². The van der Waals surface area contributed by atoms with E-state index in [1.807, 2.05) is 24.3 Å². The fourth-order valence-corrected chi connectivity index (χ4v) is 4.64. The number of hydrogen-bond acceptors (Lipinski definition) is 2. The topological polar surface area (TPSA) is 32.3 Å². The second-order valence-electron chi connectivity index (χ2n) is 7.07. The van der Waals surface area contributed by atoms with Crippen LogP contribution in [0.2, 0.25) is 0 Å². The molecule has 22 heavy (non-hydrogen) atoms. The van der Waals surface area contributed by atoms with Crippen LogP contribution < -0.4 is 5.32 Å². The fraction of sp³-hybridized carbons (Fsp3) is 0.611. The minimum Gasteiger partial charge on any atom is -0.349 e. The average Bonchev–Trinajstić information content (AvgIpc) is 3.31. The quantitative estimate of drug-likeness (QED) is 0.888. The van der Waals surface area contributed by atoms with Crippen LogP contribution in [0, 0.1) is 0 Å². The number of halogens is 1. The molecule has 0 aromatic heterocycles. The number of carbonyl (C=O) groups is 1. The van der Waals surface area contributed by atoms with Crippen LogP contribution in [-0.2, 0) is 0 Å². The smallest absolute Gasteiger partial charge is 0.251 e. The lowest BCUT2D eigenvalue weighted by molar-refractivity contribution is 0.0175. The zero-order valence-electron chi connectivity index (χ0n) is 12.8. The van der Waals surface area contributed by atoms with E-state index in [0.29, 0.717) is 18.1 Å². The number of carbonyl (C=O) groups excluding carboxylic acids is 1. The molecule has 0 radical (unpaired) electrons. The van der Waals surface area contributed by atoms with E-state index >= 15 is 0 Å². The number of nitrogens with one attached hydrogen (secondary N) is 1. The minimum absolute atomic E-state index is 0.0791. The molecule has 1 unspecified atom stereocenters. The van der Waals surface area contributed by atoms with Gasteiger partial charge in [0.25, 0.3) is 5.91 Å². The second kappa shape index (κ2) is 5.97. The molecular formula is C18H23BrN2O. The highest BCUT2D eigenvalue weighted by Gasteiger charge is 2.45. The summed E-state index contributed by atoms with van der Waals surface area (Å²) in [6.45, 7) is 0. The van der Waals surface area contributed by atoms with Crippen molar-refractivity contribution in [2.45, 2.75) is 69.1 Å². The molecule has 2 bridgehead atoms. The number of hydrogen-bond donors (Lipinski definition) is 1. The summed E-state index contributed by atoms with van der Waals surface area (Å²) in [6.07, 6.45) is 9.05. The molecule has 1 amide bonds. The third kappa shape index (κ3) is 2.95. The lowest BCUT2D eigenvalue weighted by Crippen LogP contribution is -2.57. The van der Waals surface area contributed by atoms with Gasteiger partial charge in [-0.1, -0.05) is 22.4 Å². The van der Waals surface area contributed by atoms with Gasteiger partial charge in [-0.15, -0.1) is 0 Å². The van der Waals surface area contributed by atoms with Gasteiger partial charge in [0, 0.05) is 34.2 Å². The van der Waals surface area contributed by atoms with Gasteiger partial charge in [-0.2, -0.15) is 0 Å². The molecule has 118 valence electrons. The van der Waals surface area contributed by atoms with Gasteiger partial charge in [0.2, 0.25) is 0 Å². The zero-order valence-corrected chi connectivity index (χ0v) is 14.4. The van der Waals surface area contributed by atoms with Gasteiger partial charge < -0.3 is 5.32 Å². The normalized spacial score (nSPS) is 31.8. The molecule has 4 rings (SSSR count). The Morgan fingerprint density at radius 1 is 1.00 bits per heavy atom. The van der Waals surface area contributed by atoms with E-state index in [2.05, 4.69) is 26.1 Å². The number of amides is 1. The highest BCUT2D eigenvalue weighted by molar-refractivity contribution is 9.10. The van der Waals surface area contributed by atoms with Gasteiger partial charge in [-0.25, -0.2) is 0 Å². The van der Waals surface area contributed by atoms with Gasteiger partial charge >= 0.3 is 0 Å². The lowest BCUT2D eigenvalue weighted by atomic mass is 9.81. The molecule has 1 aromatic rings. The van der Waals surface area contributed by atoms with Crippen molar-refractivity contribution < 1.29 is 4.79 Å². The Balaban J connectivity index is 1.41. The molecule has 1 aliphatic carbocycles. The first-order valence-electron chi connectivity index (χ1n) is 8.54. The molecule has 2 heterocycles. The molecule has 1 aromatic carbocycles. The molecule has 2 saturated heterocycles. The molecule has 3 nitrogen and oxygen atoms in total. The summed E-state index contributed by atoms with van der Waals surface area (Å²) in [5.41, 5.74) is 0.762. The Morgan fingerprint density at radius 2 is 1.64 bits per heavy atom. The maximum atomic E-state index is 12.4. The van der Waals surface area contributed by atoms with E-state index < -0.39 is 0 Å². The van der Waals surface area contributed by atoms with E-state index in [-0.39, 0.29) is 5.91 Å². The number of piperidine rings is 2. The van der Waals surface area contributed by atoms with Crippen molar-refractivity contribution in [2.75, 3.05) is 0 Å². The zero-order chi connectivity index (χ0) is 15.1. The Morgan fingerprint density at radius 3 is 2.23 bits per heavy atom. The van der Waals surface area contributed by atoms with Crippen molar-refractivity contribution in [3.63, 3.8) is 0 Å². The van der Waals surface area contributed by atoms with Crippen LogP contribution in [0.3, 0.4) is 0 Å². The number of rotatable bonds is 3. The van der Waals surface area contributed by atoms with E-state index in [9.17, 15) is 4.79 Å². The van der Waals surface area contributed by atoms with Crippen LogP contribution in [0.1, 0.15) is 55.3 Å². The van der Waals surface area contributed by atoms with Crippen molar-refractivity contribution in [2.24, 2.45) is 0 Å². The molecule has 1 saturated carbocycles. The van der Waals surface area contributed by atoms with Crippen LogP contribution in [0.5, 0.6) is 0 Å². The molecular weight excluding hydrogens is 340 g/mol. The van der Waals surface area contributed by atoms with Crippen LogP contribution >= 0.6 is 15.9 Å². The van der Waals surface area contributed by atoms with E-state index in [1.165, 1.54) is 32.1 Å². The van der Waals surface area contributed by atoms with Crippen molar-refractivity contribution in [3.05, 3.63) is 34.3 Å². The Hall–Kier alpha value is -0.870. The SMILES string of the molecule is O=C(NC1C[C@H]2CCC[C@@H](C1)N2C1CC1)c1ccc(Br)cc1. The first kappa shape index (κ1) is 14.7. The van der Waals surface area contributed by atoms with E-state index in [0.717, 1.165) is 28.9 Å². The molecule has 1 N–H and O–H groups in total. The monoisotopic (exact) mass is 362 g/mol. The fourth-order valence-electron chi connectivity index (χ4n) is 4.37. The molecule has 2 aliphatic heterocycles. The predicted molar refractivity (Wildman–Crippen MR) is 90.9 cm³/mol. The molecule has 3 atom stereocenters. The summed E-state index contributed by atoms with van der Waals surface area (Å²) >= 11 is 3.41. The van der Waals surface area contributed by atoms with Crippen LogP contribution in [0.4, 0.5) is 0 Å². The van der Waals surface area contributed by atoms with Crippen molar-refractivity contribution in [1.82, 2.24) is 10.2 Å². The first-order valence-corrected chi connectivity index (χ1v) is 9.34. The summed E-state index contributed by atoms with van der Waals surface area (Å²) in [6, 6.07) is 10.3. The predicted octanol–water partition coefficient (Wildman–Crippen LogP) is 3.73. The first-order chi connectivity index (χ1) is 10.7. The molecule has 3 aliphatic rings. The maximum absolute atomic E-state index is 12.4. The lowest BCUT2D eigenvalue weighted by Gasteiger charge is -2.49. The number of benzene rings is 1. The van der Waals surface area contributed by atoms with E-state index in [1.54, 1.807) is 0 Å². The van der Waals surface area contributed by atoms with Gasteiger partial charge in [0.1, 0.15) is 0 Å². The highest BCUT2D eigenvalue weighted by Crippen LogP contribution is 2.41. The Bertz CT molecular complexity index is 541. The van der Waals surface area contributed by atoms with Crippen LogP contribution in [-0.4, -0.2) is 35.0 Å². The summed E-state index contributed by atoms with van der Waals surface area (Å²) in [5.74, 6) is 0.0791. The van der Waals surface area contributed by atoms with Gasteiger partial charge in [-0.05, 0) is 62.8 Å². The Labute approximate surface area is 140 Å². The van der Waals surface area contributed by atoms with Crippen molar-refractivity contribution in [3.8, 4) is 0 Å². The van der Waals surface area contributed by atoms with Crippen LogP contribution in [0.25, 0.3) is 0 Å². The summed E-state index contributed by atoms with van der Waals surface area (Å²) < 4.78 is 1.01. The number of fused-ring (bicyclic) bond motifs is 2. The second-order valence-corrected chi connectivity index (χ2v) is 7.98. The number of nitrogens with zero attached hydrogens (tertiary/aromatic N) is 1. The highest BCUT2D eigenvalue weighted by atomic mass is 79.9. The third-order valence-electron chi connectivity index (χ3n) is 5.44. The maximum Gasteiger partial charge on any atom is 0.251 e. The van der Waals surface area contributed by atoms with Gasteiger partial charge in [-0.3, -0.25) is 9.69 Å². The minimum atomic E-state index is 0.0791. The molecule has 4 heteroatoms. The van der Waals surface area contributed by atoms with Crippen LogP contribution in [0.15, 0.2) is 28.7 Å². The Kier molecular flexibility index (Phi) is 3.99. The van der Waals surface area contributed by atoms with Gasteiger partial charge in [0.15, 0.2) is 0 Å². The standard InChI is InChI=1S/C18H23BrN2O/c19-13-6-4-12(5-7-13)18(22)20-14-10-16-2-1-3-17(11-14)21(16)15-8-9-15/h4-7,14-17H,1-3,8-11H2,(H,20,22)/t14?,16-,17+. The van der Waals surface area contributed by atoms with E-state index in [4.69, 9.17) is 0 Å². The molecule has 0 spiro atoms. The summed E-state index contributed by atoms with van der Waals surface area (Å²) in [4.78, 5) is 15.2.